The van der Waals surface area contributed by atoms with Gasteiger partial charge in [-0.2, -0.15) is 0 Å². The molecule has 0 atom stereocenters. The molecule has 9 heteroatoms. The quantitative estimate of drug-likeness (QED) is 0.758. The number of carbonyl (C=O) groups is 1. The average Bonchev–Trinajstić information content (AvgIpc) is 2.59. The van der Waals surface area contributed by atoms with Crippen molar-refractivity contribution >= 4 is 27.5 Å². The van der Waals surface area contributed by atoms with E-state index in [9.17, 15) is 13.2 Å². The molecule has 0 aliphatic heterocycles. The van der Waals surface area contributed by atoms with Crippen molar-refractivity contribution in [3.05, 3.63) is 53.1 Å². The lowest BCUT2D eigenvalue weighted by molar-refractivity contribution is 0.0945. The van der Waals surface area contributed by atoms with Crippen LogP contribution in [0.1, 0.15) is 10.4 Å². The molecule has 0 aliphatic rings. The Morgan fingerprint density at radius 1 is 1.04 bits per heavy atom. The van der Waals surface area contributed by atoms with Crippen LogP contribution in [0.15, 0.2) is 47.4 Å². The number of hydrazine groups is 1. The third-order valence-electron chi connectivity index (χ3n) is 3.07. The number of nitrogens with one attached hydrogen (secondary N) is 2. The van der Waals surface area contributed by atoms with Crippen LogP contribution in [0.25, 0.3) is 0 Å². The zero-order chi connectivity index (χ0) is 17.7. The molecule has 0 spiro atoms. The fourth-order valence-electron chi connectivity index (χ4n) is 1.84. The third kappa shape index (κ3) is 4.16. The van der Waals surface area contributed by atoms with E-state index < -0.39 is 15.9 Å². The molecule has 24 heavy (non-hydrogen) atoms. The van der Waals surface area contributed by atoms with Gasteiger partial charge in [0.2, 0.25) is 0 Å². The topological polar surface area (TPSA) is 93.7 Å². The number of ether oxygens (including phenoxy) is 2. The number of methoxy groups -OCH3 is 2. The Morgan fingerprint density at radius 2 is 1.71 bits per heavy atom. The molecule has 0 bridgehead atoms. The van der Waals surface area contributed by atoms with Crippen molar-refractivity contribution in [2.75, 3.05) is 14.2 Å². The molecule has 0 saturated carbocycles. The minimum Gasteiger partial charge on any atom is -0.497 e. The summed E-state index contributed by atoms with van der Waals surface area (Å²) in [7, 11) is -1.31. The Balaban J connectivity index is 2.19. The van der Waals surface area contributed by atoms with Gasteiger partial charge in [0.05, 0.1) is 14.2 Å². The third-order valence-corrected chi connectivity index (χ3v) is 4.59. The van der Waals surface area contributed by atoms with Crippen LogP contribution in [0.5, 0.6) is 11.5 Å². The molecule has 0 heterocycles. The summed E-state index contributed by atoms with van der Waals surface area (Å²) in [5.41, 5.74) is 2.38. The summed E-state index contributed by atoms with van der Waals surface area (Å²) in [6, 6.07) is 10.3. The molecule has 0 aromatic heterocycles. The Bertz CT molecular complexity index is 837. The van der Waals surface area contributed by atoms with Crippen LogP contribution in [0, 0.1) is 0 Å². The van der Waals surface area contributed by atoms with E-state index >= 15 is 0 Å². The van der Waals surface area contributed by atoms with Gasteiger partial charge in [-0.1, -0.05) is 11.6 Å². The molecule has 2 N–H and O–H groups in total. The summed E-state index contributed by atoms with van der Waals surface area (Å²) >= 11 is 5.74. The second kappa shape index (κ2) is 7.52. The van der Waals surface area contributed by atoms with E-state index in [0.29, 0.717) is 10.8 Å². The zero-order valence-corrected chi connectivity index (χ0v) is 14.4. The second-order valence-corrected chi connectivity index (χ2v) is 6.67. The molecule has 0 unspecified atom stereocenters. The molecule has 2 rings (SSSR count). The Kier molecular flexibility index (Phi) is 5.66. The van der Waals surface area contributed by atoms with Crippen LogP contribution in [0.4, 0.5) is 0 Å². The summed E-state index contributed by atoms with van der Waals surface area (Å²) < 4.78 is 34.8. The maximum Gasteiger partial charge on any atom is 0.266 e. The SMILES string of the molecule is COc1ccc(OC)c(S(=O)(=O)NNC(=O)c2ccc(Cl)cc2)c1. The first kappa shape index (κ1) is 18.1. The largest absolute Gasteiger partial charge is 0.497 e. The Hall–Kier alpha value is -2.29. The first-order chi connectivity index (χ1) is 11.4. The fourth-order valence-corrected chi connectivity index (χ4v) is 2.99. The molecular formula is C15H15ClN2O5S. The average molecular weight is 371 g/mol. The van der Waals surface area contributed by atoms with Crippen molar-refractivity contribution in [2.24, 2.45) is 0 Å². The van der Waals surface area contributed by atoms with E-state index in [1.54, 1.807) is 6.07 Å². The van der Waals surface area contributed by atoms with Gasteiger partial charge < -0.3 is 9.47 Å². The van der Waals surface area contributed by atoms with Crippen LogP contribution in [-0.4, -0.2) is 28.5 Å². The van der Waals surface area contributed by atoms with Gasteiger partial charge in [-0.15, -0.1) is 4.83 Å². The first-order valence-corrected chi connectivity index (χ1v) is 8.53. The van der Waals surface area contributed by atoms with Crippen molar-refractivity contribution in [1.82, 2.24) is 10.3 Å². The lowest BCUT2D eigenvalue weighted by Crippen LogP contribution is -2.41. The van der Waals surface area contributed by atoms with Gasteiger partial charge in [-0.25, -0.2) is 8.42 Å². The highest BCUT2D eigenvalue weighted by molar-refractivity contribution is 7.89. The lowest BCUT2D eigenvalue weighted by atomic mass is 10.2. The number of rotatable bonds is 6. The van der Waals surface area contributed by atoms with Crippen LogP contribution < -0.4 is 19.7 Å². The van der Waals surface area contributed by atoms with Crippen LogP contribution >= 0.6 is 11.6 Å². The Morgan fingerprint density at radius 3 is 2.29 bits per heavy atom. The summed E-state index contributed by atoms with van der Waals surface area (Å²) in [4.78, 5) is 13.8. The van der Waals surface area contributed by atoms with Gasteiger partial charge in [0.15, 0.2) is 0 Å². The maximum absolute atomic E-state index is 12.4. The number of hydrogen-bond acceptors (Lipinski definition) is 5. The summed E-state index contributed by atoms with van der Waals surface area (Å²) in [6.45, 7) is 0. The molecule has 2 aromatic carbocycles. The van der Waals surface area contributed by atoms with E-state index in [1.165, 1.54) is 50.6 Å². The van der Waals surface area contributed by atoms with Crippen molar-refractivity contribution in [2.45, 2.75) is 4.90 Å². The highest BCUT2D eigenvalue weighted by Crippen LogP contribution is 2.27. The maximum atomic E-state index is 12.4. The number of hydrogen-bond donors (Lipinski definition) is 2. The van der Waals surface area contributed by atoms with Crippen molar-refractivity contribution in [3.63, 3.8) is 0 Å². The summed E-state index contributed by atoms with van der Waals surface area (Å²) in [6.07, 6.45) is 0. The number of amides is 1. The second-order valence-electron chi connectivity index (χ2n) is 4.58. The van der Waals surface area contributed by atoms with Gasteiger partial charge in [0.25, 0.3) is 15.9 Å². The highest BCUT2D eigenvalue weighted by atomic mass is 35.5. The number of halogens is 1. The highest BCUT2D eigenvalue weighted by Gasteiger charge is 2.21. The summed E-state index contributed by atoms with van der Waals surface area (Å²) in [5.74, 6) is -0.179. The van der Waals surface area contributed by atoms with Crippen LogP contribution in [-0.2, 0) is 10.0 Å². The number of sulfonamides is 1. The van der Waals surface area contributed by atoms with Crippen molar-refractivity contribution in [1.29, 1.82) is 0 Å². The van der Waals surface area contributed by atoms with Crippen LogP contribution in [0.3, 0.4) is 0 Å². The predicted molar refractivity (Wildman–Crippen MR) is 88.8 cm³/mol. The number of benzene rings is 2. The molecule has 1 amide bonds. The minimum atomic E-state index is -4.06. The fraction of sp³-hybridized carbons (Fsp3) is 0.133. The Labute approximate surface area is 144 Å². The van der Waals surface area contributed by atoms with Gasteiger partial charge >= 0.3 is 0 Å². The van der Waals surface area contributed by atoms with E-state index in [-0.39, 0.29) is 16.2 Å². The minimum absolute atomic E-state index is 0.115. The molecule has 0 aliphatic carbocycles. The van der Waals surface area contributed by atoms with Gasteiger partial charge in [-0.3, -0.25) is 10.2 Å². The van der Waals surface area contributed by atoms with Crippen molar-refractivity contribution < 1.29 is 22.7 Å². The molecule has 0 fully saturated rings. The molecule has 0 radical (unpaired) electrons. The van der Waals surface area contributed by atoms with Crippen LogP contribution in [0.2, 0.25) is 5.02 Å². The molecule has 2 aromatic rings. The first-order valence-electron chi connectivity index (χ1n) is 6.67. The van der Waals surface area contributed by atoms with E-state index in [0.717, 1.165) is 0 Å². The normalized spacial score (nSPS) is 11.0. The van der Waals surface area contributed by atoms with E-state index in [2.05, 4.69) is 5.43 Å². The van der Waals surface area contributed by atoms with Gasteiger partial charge in [0, 0.05) is 16.7 Å². The standard InChI is InChI=1S/C15H15ClN2O5S/c1-22-12-7-8-13(23-2)14(9-12)24(20,21)18-17-15(19)10-3-5-11(16)6-4-10/h3-9,18H,1-2H3,(H,17,19). The van der Waals surface area contributed by atoms with Crippen molar-refractivity contribution in [3.8, 4) is 11.5 Å². The van der Waals surface area contributed by atoms with Gasteiger partial charge in [0.1, 0.15) is 16.4 Å². The molecule has 128 valence electrons. The molecule has 0 saturated heterocycles. The molecule has 7 nitrogen and oxygen atoms in total. The van der Waals surface area contributed by atoms with E-state index in [1.807, 2.05) is 4.83 Å². The monoisotopic (exact) mass is 370 g/mol. The lowest BCUT2D eigenvalue weighted by Gasteiger charge is -2.12. The zero-order valence-electron chi connectivity index (χ0n) is 12.9. The van der Waals surface area contributed by atoms with Gasteiger partial charge in [-0.05, 0) is 36.4 Å². The predicted octanol–water partition coefficient (Wildman–Crippen LogP) is 1.98. The smallest absolute Gasteiger partial charge is 0.266 e. The molecular weight excluding hydrogens is 356 g/mol. The number of carbonyl (C=O) groups excluding carboxylic acids is 1. The van der Waals surface area contributed by atoms with E-state index in [4.69, 9.17) is 21.1 Å². The summed E-state index contributed by atoms with van der Waals surface area (Å²) in [5, 5.41) is 0.466.